The Labute approximate surface area is 203 Å². The molecule has 0 spiro atoms. The van der Waals surface area contributed by atoms with Crippen molar-refractivity contribution in [2.45, 2.75) is 52.9 Å². The number of nitro benzene ring substituents is 1. The Bertz CT molecular complexity index is 1160. The molecule has 0 unspecified atom stereocenters. The van der Waals surface area contributed by atoms with Crippen LogP contribution in [0.1, 0.15) is 56.0 Å². The standard InChI is InChI=1S/C25H30N4O4S/c1-4-5-13-27-24(30)23(34-25(27)31)15-19-14-17(2)28(18(19)3)20-9-10-21(22(16-20)29(32)33)26-11-7-6-8-12-26/h9-10,14-16H,4-8,11-13H2,1-3H3/b23-15-. The summed E-state index contributed by atoms with van der Waals surface area (Å²) in [5.74, 6) is -0.255. The van der Waals surface area contributed by atoms with Crippen LogP contribution in [0.3, 0.4) is 0 Å². The van der Waals surface area contributed by atoms with Gasteiger partial charge in [0.2, 0.25) is 0 Å². The van der Waals surface area contributed by atoms with Crippen molar-refractivity contribution in [3.05, 3.63) is 56.2 Å². The fourth-order valence-electron chi connectivity index (χ4n) is 4.68. The number of nitro groups is 1. The quantitative estimate of drug-likeness (QED) is 0.280. The minimum Gasteiger partial charge on any atom is -0.366 e. The SMILES string of the molecule is CCCCN1C(=O)S/C(=C\c2cc(C)n(-c3ccc(N4CCCCC4)c([N+](=O)[O-])c3)c2C)C1=O. The van der Waals surface area contributed by atoms with Gasteiger partial charge in [-0.3, -0.25) is 24.6 Å². The first-order valence-electron chi connectivity index (χ1n) is 11.8. The zero-order valence-corrected chi connectivity index (χ0v) is 20.7. The van der Waals surface area contributed by atoms with Gasteiger partial charge in [0.15, 0.2) is 0 Å². The van der Waals surface area contributed by atoms with Crippen molar-refractivity contribution in [1.29, 1.82) is 0 Å². The molecule has 9 heteroatoms. The molecule has 2 aliphatic heterocycles. The van der Waals surface area contributed by atoms with E-state index < -0.39 is 0 Å². The van der Waals surface area contributed by atoms with E-state index >= 15 is 0 Å². The van der Waals surface area contributed by atoms with Crippen molar-refractivity contribution in [3.63, 3.8) is 0 Å². The fraction of sp³-hybridized carbons (Fsp3) is 0.440. The van der Waals surface area contributed by atoms with Crippen LogP contribution in [0.4, 0.5) is 16.2 Å². The molecular formula is C25H30N4O4S. The van der Waals surface area contributed by atoms with Gasteiger partial charge in [-0.25, -0.2) is 0 Å². The van der Waals surface area contributed by atoms with Crippen LogP contribution in [-0.2, 0) is 4.79 Å². The highest BCUT2D eigenvalue weighted by Gasteiger charge is 2.34. The second-order valence-electron chi connectivity index (χ2n) is 8.83. The average Bonchev–Trinajstić information content (AvgIpc) is 3.26. The third-order valence-electron chi connectivity index (χ3n) is 6.48. The molecule has 0 N–H and O–H groups in total. The largest absolute Gasteiger partial charge is 0.366 e. The maximum atomic E-state index is 12.7. The smallest absolute Gasteiger partial charge is 0.294 e. The number of thioether (sulfide) groups is 1. The summed E-state index contributed by atoms with van der Waals surface area (Å²) in [6, 6.07) is 7.34. The van der Waals surface area contributed by atoms with Gasteiger partial charge >= 0.3 is 0 Å². The van der Waals surface area contributed by atoms with Gasteiger partial charge in [-0.05, 0) is 81.1 Å². The molecule has 0 bridgehead atoms. The van der Waals surface area contributed by atoms with Crippen molar-refractivity contribution < 1.29 is 14.5 Å². The van der Waals surface area contributed by atoms with Crippen LogP contribution in [0.5, 0.6) is 0 Å². The highest BCUT2D eigenvalue weighted by molar-refractivity contribution is 8.18. The fourth-order valence-corrected chi connectivity index (χ4v) is 5.54. The first-order valence-corrected chi connectivity index (χ1v) is 12.6. The third-order valence-corrected chi connectivity index (χ3v) is 7.38. The molecule has 2 aliphatic rings. The van der Waals surface area contributed by atoms with Crippen LogP contribution in [0.2, 0.25) is 0 Å². The Morgan fingerprint density at radius 3 is 2.53 bits per heavy atom. The van der Waals surface area contributed by atoms with E-state index in [4.69, 9.17) is 0 Å². The lowest BCUT2D eigenvalue weighted by Crippen LogP contribution is -2.30. The van der Waals surface area contributed by atoms with Gasteiger partial charge in [-0.1, -0.05) is 13.3 Å². The number of carbonyl (C=O) groups excluding carboxylic acids is 2. The molecule has 2 aromatic rings. The third kappa shape index (κ3) is 4.61. The van der Waals surface area contributed by atoms with Crippen molar-refractivity contribution in [1.82, 2.24) is 9.47 Å². The molecule has 0 saturated carbocycles. The van der Waals surface area contributed by atoms with Crippen LogP contribution in [-0.4, -0.2) is 45.2 Å². The number of benzene rings is 1. The summed E-state index contributed by atoms with van der Waals surface area (Å²) in [5.41, 5.74) is 4.05. The summed E-state index contributed by atoms with van der Waals surface area (Å²) in [6.45, 7) is 7.97. The molecule has 4 rings (SSSR count). The maximum absolute atomic E-state index is 12.7. The molecule has 34 heavy (non-hydrogen) atoms. The van der Waals surface area contributed by atoms with Gasteiger partial charge in [0.1, 0.15) is 5.69 Å². The topological polar surface area (TPSA) is 88.7 Å². The van der Waals surface area contributed by atoms with Crippen LogP contribution in [0.25, 0.3) is 11.8 Å². The normalized spacial score (nSPS) is 17.8. The summed E-state index contributed by atoms with van der Waals surface area (Å²) < 4.78 is 1.96. The van der Waals surface area contributed by atoms with E-state index in [1.165, 1.54) is 4.90 Å². The number of aromatic nitrogens is 1. The number of hydrogen-bond donors (Lipinski definition) is 0. The Kier molecular flexibility index (Phi) is 7.11. The molecule has 2 saturated heterocycles. The van der Waals surface area contributed by atoms with E-state index in [1.807, 2.05) is 43.5 Å². The number of hydrogen-bond acceptors (Lipinski definition) is 6. The van der Waals surface area contributed by atoms with Gasteiger partial charge in [0.05, 0.1) is 15.5 Å². The number of piperidine rings is 1. The molecule has 2 amide bonds. The molecule has 2 fully saturated rings. The monoisotopic (exact) mass is 482 g/mol. The predicted octanol–water partition coefficient (Wildman–Crippen LogP) is 5.83. The van der Waals surface area contributed by atoms with Crippen LogP contribution < -0.4 is 4.90 Å². The zero-order valence-electron chi connectivity index (χ0n) is 19.9. The van der Waals surface area contributed by atoms with Crippen LogP contribution >= 0.6 is 11.8 Å². The lowest BCUT2D eigenvalue weighted by molar-refractivity contribution is -0.384. The van der Waals surface area contributed by atoms with E-state index in [-0.39, 0.29) is 21.8 Å². The average molecular weight is 483 g/mol. The summed E-state index contributed by atoms with van der Waals surface area (Å²) in [5, 5.41) is 11.7. The van der Waals surface area contributed by atoms with Gasteiger partial charge in [0.25, 0.3) is 16.8 Å². The lowest BCUT2D eigenvalue weighted by Gasteiger charge is -2.28. The molecule has 180 valence electrons. The zero-order chi connectivity index (χ0) is 24.4. The van der Waals surface area contributed by atoms with E-state index in [0.29, 0.717) is 22.8 Å². The highest BCUT2D eigenvalue weighted by Crippen LogP contribution is 2.36. The second kappa shape index (κ2) is 10.0. The van der Waals surface area contributed by atoms with E-state index in [2.05, 4.69) is 4.90 Å². The van der Waals surface area contributed by atoms with E-state index in [0.717, 1.165) is 73.9 Å². The van der Waals surface area contributed by atoms with Gasteiger partial charge in [-0.15, -0.1) is 0 Å². The summed E-state index contributed by atoms with van der Waals surface area (Å²) in [7, 11) is 0. The molecule has 3 heterocycles. The van der Waals surface area contributed by atoms with Gasteiger partial charge in [0, 0.05) is 37.1 Å². The Morgan fingerprint density at radius 2 is 1.85 bits per heavy atom. The molecular weight excluding hydrogens is 452 g/mol. The van der Waals surface area contributed by atoms with Gasteiger partial charge in [-0.2, -0.15) is 0 Å². The van der Waals surface area contributed by atoms with E-state index in [9.17, 15) is 19.7 Å². The van der Waals surface area contributed by atoms with Crippen molar-refractivity contribution in [2.75, 3.05) is 24.5 Å². The van der Waals surface area contributed by atoms with Crippen molar-refractivity contribution in [3.8, 4) is 5.69 Å². The first kappa shape index (κ1) is 24.1. The minimum absolute atomic E-state index is 0.102. The van der Waals surface area contributed by atoms with Crippen molar-refractivity contribution in [2.24, 2.45) is 0 Å². The number of aryl methyl sites for hydroxylation is 1. The number of anilines is 1. The minimum atomic E-state index is -0.311. The molecule has 1 aromatic heterocycles. The molecule has 0 aliphatic carbocycles. The van der Waals surface area contributed by atoms with Crippen LogP contribution in [0, 0.1) is 24.0 Å². The number of carbonyl (C=O) groups is 2. The Hall–Kier alpha value is -3.07. The van der Waals surface area contributed by atoms with Crippen molar-refractivity contribution >= 4 is 40.4 Å². The van der Waals surface area contributed by atoms with Gasteiger partial charge < -0.3 is 9.47 Å². The lowest BCUT2D eigenvalue weighted by atomic mass is 10.1. The molecule has 8 nitrogen and oxygen atoms in total. The maximum Gasteiger partial charge on any atom is 0.294 e. The molecule has 0 radical (unpaired) electrons. The number of rotatable bonds is 7. The number of imide groups is 1. The summed E-state index contributed by atoms with van der Waals surface area (Å²) >= 11 is 0.965. The Morgan fingerprint density at radius 1 is 1.12 bits per heavy atom. The number of unbranched alkanes of at least 4 members (excludes halogenated alkanes) is 1. The van der Waals surface area contributed by atoms with E-state index in [1.54, 1.807) is 12.1 Å². The summed E-state index contributed by atoms with van der Waals surface area (Å²) in [6.07, 6.45) is 6.69. The summed E-state index contributed by atoms with van der Waals surface area (Å²) in [4.78, 5) is 40.4. The molecule has 0 atom stereocenters. The molecule has 1 aromatic carbocycles. The Balaban J connectivity index is 1.67. The number of amides is 2. The number of nitrogens with zero attached hydrogens (tertiary/aromatic N) is 4. The van der Waals surface area contributed by atoms with Crippen LogP contribution in [0.15, 0.2) is 29.2 Å². The second-order valence-corrected chi connectivity index (χ2v) is 9.82. The predicted molar refractivity (Wildman–Crippen MR) is 136 cm³/mol. The first-order chi connectivity index (χ1) is 16.3. The highest BCUT2D eigenvalue weighted by atomic mass is 32.2.